The molecule has 4 aromatic rings. The number of anilines is 1. The lowest BCUT2D eigenvalue weighted by Crippen LogP contribution is -2.33. The number of methoxy groups -OCH3 is 1. The number of carbonyl (C=O) groups is 3. The monoisotopic (exact) mass is 503 g/mol. The van der Waals surface area contributed by atoms with Crippen LogP contribution in [-0.2, 0) is 9.53 Å². The number of fused-ring (bicyclic) bond motifs is 2. The molecule has 0 radical (unpaired) electrons. The standard InChI is InChI=1S/C28H22FNO7/c1-3-35-28(33)24-21-15-19(9-11-23(21)37-26(24)16-4-6-17(29)7-5-16)36-13-12-30-22-10-8-18(34-2)14-20(22)25(31)27(30)32/h4-11,14-15H,3,12-13H2,1-2H3. The third-order valence-electron chi connectivity index (χ3n) is 6.01. The summed E-state index contributed by atoms with van der Waals surface area (Å²) in [5.74, 6) is -1.04. The van der Waals surface area contributed by atoms with Crippen molar-refractivity contribution < 1.29 is 37.4 Å². The largest absolute Gasteiger partial charge is 0.497 e. The Bertz CT molecular complexity index is 1520. The molecule has 1 aliphatic heterocycles. The van der Waals surface area contributed by atoms with Crippen molar-refractivity contribution in [3.8, 4) is 22.8 Å². The SMILES string of the molecule is CCOC(=O)c1c(-c2ccc(F)cc2)oc2ccc(OCCN3C(=O)C(=O)c4cc(OC)ccc43)cc12. The molecule has 0 N–H and O–H groups in total. The number of ether oxygens (including phenoxy) is 3. The van der Waals surface area contributed by atoms with Gasteiger partial charge >= 0.3 is 5.97 Å². The fraction of sp³-hybridized carbons (Fsp3) is 0.179. The molecule has 0 saturated heterocycles. The second kappa shape index (κ2) is 9.77. The van der Waals surface area contributed by atoms with Crippen LogP contribution in [0.15, 0.2) is 65.1 Å². The number of nitrogens with zero attached hydrogens (tertiary/aromatic N) is 1. The molecule has 1 aliphatic rings. The summed E-state index contributed by atoms with van der Waals surface area (Å²) in [5.41, 5.74) is 1.94. The first-order chi connectivity index (χ1) is 17.9. The van der Waals surface area contributed by atoms with Crippen LogP contribution >= 0.6 is 0 Å². The van der Waals surface area contributed by atoms with Crippen LogP contribution in [0, 0.1) is 5.82 Å². The summed E-state index contributed by atoms with van der Waals surface area (Å²) in [6.45, 7) is 2.09. The zero-order valence-corrected chi connectivity index (χ0v) is 20.1. The normalized spacial score (nSPS) is 12.7. The minimum atomic E-state index is -0.634. The molecule has 3 aromatic carbocycles. The van der Waals surface area contributed by atoms with Gasteiger partial charge in [-0.1, -0.05) is 0 Å². The van der Waals surface area contributed by atoms with Crippen LogP contribution in [0.3, 0.4) is 0 Å². The van der Waals surface area contributed by atoms with Gasteiger partial charge in [0.05, 0.1) is 31.5 Å². The third-order valence-corrected chi connectivity index (χ3v) is 6.01. The van der Waals surface area contributed by atoms with Gasteiger partial charge in [0.25, 0.3) is 11.7 Å². The Kier molecular flexibility index (Phi) is 6.35. The van der Waals surface area contributed by atoms with Crippen molar-refractivity contribution in [3.05, 3.63) is 77.6 Å². The van der Waals surface area contributed by atoms with E-state index in [0.29, 0.717) is 33.7 Å². The zero-order valence-electron chi connectivity index (χ0n) is 20.1. The Balaban J connectivity index is 1.40. The Morgan fingerprint density at radius 2 is 1.76 bits per heavy atom. The number of amides is 1. The summed E-state index contributed by atoms with van der Waals surface area (Å²) in [5, 5.41) is 0.472. The molecule has 0 spiro atoms. The number of hydrogen-bond acceptors (Lipinski definition) is 7. The molecule has 2 heterocycles. The number of rotatable bonds is 8. The number of halogens is 1. The number of esters is 1. The van der Waals surface area contributed by atoms with Crippen LogP contribution in [0.2, 0.25) is 0 Å². The van der Waals surface area contributed by atoms with E-state index in [1.54, 1.807) is 43.3 Å². The first kappa shape index (κ1) is 24.1. The fourth-order valence-corrected chi connectivity index (χ4v) is 4.26. The van der Waals surface area contributed by atoms with E-state index in [0.717, 1.165) is 0 Å². The number of benzene rings is 3. The van der Waals surface area contributed by atoms with Crippen molar-refractivity contribution in [3.63, 3.8) is 0 Å². The topological polar surface area (TPSA) is 95.3 Å². The highest BCUT2D eigenvalue weighted by Gasteiger charge is 2.36. The predicted octanol–water partition coefficient (Wildman–Crippen LogP) is 5.03. The predicted molar refractivity (Wildman–Crippen MR) is 133 cm³/mol. The second-order valence-corrected chi connectivity index (χ2v) is 8.21. The molecule has 188 valence electrons. The van der Waals surface area contributed by atoms with Crippen LogP contribution in [0.4, 0.5) is 10.1 Å². The van der Waals surface area contributed by atoms with Crippen molar-refractivity contribution >= 4 is 34.3 Å². The van der Waals surface area contributed by atoms with E-state index < -0.39 is 23.5 Å². The minimum absolute atomic E-state index is 0.0907. The van der Waals surface area contributed by atoms with E-state index in [9.17, 15) is 18.8 Å². The van der Waals surface area contributed by atoms with Gasteiger partial charge in [0.1, 0.15) is 40.8 Å². The fourth-order valence-electron chi connectivity index (χ4n) is 4.26. The number of furan rings is 1. The van der Waals surface area contributed by atoms with Crippen molar-refractivity contribution in [1.82, 2.24) is 0 Å². The van der Waals surface area contributed by atoms with E-state index in [1.807, 2.05) is 0 Å². The molecule has 0 bridgehead atoms. The number of ketones is 1. The van der Waals surface area contributed by atoms with Crippen molar-refractivity contribution in [2.24, 2.45) is 0 Å². The molecule has 37 heavy (non-hydrogen) atoms. The first-order valence-electron chi connectivity index (χ1n) is 11.6. The summed E-state index contributed by atoms with van der Waals surface area (Å²) >= 11 is 0. The summed E-state index contributed by atoms with van der Waals surface area (Å²) in [6, 6.07) is 15.5. The van der Waals surface area contributed by atoms with Crippen molar-refractivity contribution in [2.75, 3.05) is 31.8 Å². The molecule has 1 aromatic heterocycles. The Hall–Kier alpha value is -4.66. The summed E-state index contributed by atoms with van der Waals surface area (Å²) < 4.78 is 35.6. The van der Waals surface area contributed by atoms with E-state index >= 15 is 0 Å². The number of hydrogen-bond donors (Lipinski definition) is 0. The number of Topliss-reactive ketones (excluding diaryl/α,β-unsaturated/α-hetero) is 1. The van der Waals surface area contributed by atoms with Crippen LogP contribution in [0.25, 0.3) is 22.3 Å². The lowest BCUT2D eigenvalue weighted by Gasteiger charge is -2.17. The van der Waals surface area contributed by atoms with Gasteiger partial charge in [0, 0.05) is 10.9 Å². The molecule has 0 aliphatic carbocycles. The summed E-state index contributed by atoms with van der Waals surface area (Å²) in [4.78, 5) is 39.1. The smallest absolute Gasteiger partial charge is 0.342 e. The molecule has 0 unspecified atom stereocenters. The molecule has 1 amide bonds. The van der Waals surface area contributed by atoms with Gasteiger partial charge < -0.3 is 23.5 Å². The molecule has 8 nitrogen and oxygen atoms in total. The van der Waals surface area contributed by atoms with Crippen LogP contribution in [0.5, 0.6) is 11.5 Å². The van der Waals surface area contributed by atoms with Gasteiger partial charge in [-0.15, -0.1) is 0 Å². The van der Waals surface area contributed by atoms with Gasteiger partial charge in [-0.25, -0.2) is 9.18 Å². The average Bonchev–Trinajstić information content (AvgIpc) is 3.39. The molecule has 0 atom stereocenters. The lowest BCUT2D eigenvalue weighted by atomic mass is 10.1. The van der Waals surface area contributed by atoms with Gasteiger partial charge in [0.2, 0.25) is 0 Å². The van der Waals surface area contributed by atoms with E-state index in [1.165, 1.54) is 36.3 Å². The van der Waals surface area contributed by atoms with Crippen LogP contribution < -0.4 is 14.4 Å². The van der Waals surface area contributed by atoms with Gasteiger partial charge in [-0.2, -0.15) is 0 Å². The Labute approximate surface area is 211 Å². The van der Waals surface area contributed by atoms with Crippen molar-refractivity contribution in [1.29, 1.82) is 0 Å². The molecule has 9 heteroatoms. The zero-order chi connectivity index (χ0) is 26.1. The highest BCUT2D eigenvalue weighted by molar-refractivity contribution is 6.52. The average molecular weight is 503 g/mol. The van der Waals surface area contributed by atoms with Crippen LogP contribution in [0.1, 0.15) is 27.6 Å². The van der Waals surface area contributed by atoms with Gasteiger partial charge in [0.15, 0.2) is 0 Å². The lowest BCUT2D eigenvalue weighted by molar-refractivity contribution is -0.114. The summed E-state index contributed by atoms with van der Waals surface area (Å²) in [7, 11) is 1.49. The Morgan fingerprint density at radius 3 is 2.49 bits per heavy atom. The quantitative estimate of drug-likeness (QED) is 0.246. The van der Waals surface area contributed by atoms with Crippen molar-refractivity contribution in [2.45, 2.75) is 6.92 Å². The molecule has 0 fully saturated rings. The van der Waals surface area contributed by atoms with E-state index in [-0.39, 0.29) is 36.6 Å². The van der Waals surface area contributed by atoms with Gasteiger partial charge in [-0.3, -0.25) is 9.59 Å². The maximum absolute atomic E-state index is 13.4. The second-order valence-electron chi connectivity index (χ2n) is 8.21. The van der Waals surface area contributed by atoms with E-state index in [4.69, 9.17) is 18.6 Å². The summed E-state index contributed by atoms with van der Waals surface area (Å²) in [6.07, 6.45) is 0. The molecular formula is C28H22FNO7. The van der Waals surface area contributed by atoms with E-state index in [2.05, 4.69) is 0 Å². The van der Waals surface area contributed by atoms with Crippen LogP contribution in [-0.4, -0.2) is 44.5 Å². The number of carbonyl (C=O) groups excluding carboxylic acids is 3. The van der Waals surface area contributed by atoms with Gasteiger partial charge in [-0.05, 0) is 67.6 Å². The first-order valence-corrected chi connectivity index (χ1v) is 11.6. The maximum Gasteiger partial charge on any atom is 0.342 e. The maximum atomic E-state index is 13.4. The third kappa shape index (κ3) is 4.40. The molecule has 0 saturated carbocycles. The highest BCUT2D eigenvalue weighted by atomic mass is 19.1. The molecule has 5 rings (SSSR count). The minimum Gasteiger partial charge on any atom is -0.497 e. The Morgan fingerprint density at radius 1 is 1.00 bits per heavy atom. The highest BCUT2D eigenvalue weighted by Crippen LogP contribution is 2.36. The molecular weight excluding hydrogens is 481 g/mol.